The number of nitrogens with zero attached hydrogens (tertiary/aromatic N) is 1. The van der Waals surface area contributed by atoms with Crippen LogP contribution in [0.5, 0.6) is 5.75 Å². The topological polar surface area (TPSA) is 49.8 Å². The number of methoxy groups -OCH3 is 1. The van der Waals surface area contributed by atoms with Gasteiger partial charge in [-0.05, 0) is 75.5 Å². The van der Waals surface area contributed by atoms with E-state index >= 15 is 0 Å². The third kappa shape index (κ3) is 3.02. The molecule has 0 bridgehead atoms. The molecule has 4 nitrogen and oxygen atoms in total. The first kappa shape index (κ1) is 17.8. The van der Waals surface area contributed by atoms with E-state index in [0.717, 1.165) is 18.8 Å². The van der Waals surface area contributed by atoms with Gasteiger partial charge in [-0.2, -0.15) is 0 Å². The van der Waals surface area contributed by atoms with E-state index in [0.29, 0.717) is 24.2 Å². The van der Waals surface area contributed by atoms with E-state index in [-0.39, 0.29) is 11.8 Å². The van der Waals surface area contributed by atoms with Crippen LogP contribution in [0.2, 0.25) is 0 Å². The molecule has 1 saturated heterocycles. The highest BCUT2D eigenvalue weighted by atomic mass is 16.5. The molecule has 3 fully saturated rings. The lowest BCUT2D eigenvalue weighted by Gasteiger charge is -2.55. The predicted octanol–water partition coefficient (Wildman–Crippen LogP) is 3.65. The number of carbonyl (C=O) groups excluding carboxylic acids is 1. The van der Waals surface area contributed by atoms with Gasteiger partial charge in [0.2, 0.25) is 5.91 Å². The fourth-order valence-corrected chi connectivity index (χ4v) is 5.51. The summed E-state index contributed by atoms with van der Waals surface area (Å²) in [6.07, 6.45) is 6.09. The molecule has 142 valence electrons. The Balaban J connectivity index is 1.32. The second-order valence-corrected chi connectivity index (χ2v) is 9.25. The summed E-state index contributed by atoms with van der Waals surface area (Å²) in [6, 6.07) is 6.39. The summed E-state index contributed by atoms with van der Waals surface area (Å²) < 4.78 is 5.48. The molecule has 26 heavy (non-hydrogen) atoms. The average Bonchev–Trinajstić information content (AvgIpc) is 2.57. The van der Waals surface area contributed by atoms with Crippen molar-refractivity contribution in [3.05, 3.63) is 29.3 Å². The molecule has 1 heterocycles. The third-order valence-corrected chi connectivity index (χ3v) is 7.12. The molecule has 4 heteroatoms. The molecular formula is C22H31NO3. The number of hydrogen-bond acceptors (Lipinski definition) is 3. The van der Waals surface area contributed by atoms with Gasteiger partial charge >= 0.3 is 0 Å². The Bertz CT molecular complexity index is 687. The van der Waals surface area contributed by atoms with Crippen LogP contribution in [0.15, 0.2) is 18.2 Å². The Morgan fingerprint density at radius 1 is 1.23 bits per heavy atom. The lowest BCUT2D eigenvalue weighted by molar-refractivity contribution is -0.163. The molecule has 1 aromatic carbocycles. The number of amides is 1. The zero-order valence-corrected chi connectivity index (χ0v) is 16.3. The van der Waals surface area contributed by atoms with E-state index in [1.165, 1.54) is 36.8 Å². The third-order valence-electron chi connectivity index (χ3n) is 7.12. The Kier molecular flexibility index (Phi) is 4.30. The van der Waals surface area contributed by atoms with E-state index in [9.17, 15) is 9.90 Å². The molecule has 0 aromatic heterocycles. The zero-order chi connectivity index (χ0) is 18.5. The van der Waals surface area contributed by atoms with Crippen LogP contribution in [0.3, 0.4) is 0 Å². The second kappa shape index (κ2) is 6.26. The van der Waals surface area contributed by atoms with Gasteiger partial charge in [0.05, 0.1) is 12.7 Å². The summed E-state index contributed by atoms with van der Waals surface area (Å²) in [5.41, 5.74) is 2.45. The molecule has 4 rings (SSSR count). The molecule has 1 spiro atoms. The molecule has 3 aliphatic rings. The van der Waals surface area contributed by atoms with Gasteiger partial charge in [-0.25, -0.2) is 0 Å². The van der Waals surface area contributed by atoms with Crippen LogP contribution in [-0.2, 0) is 4.79 Å². The van der Waals surface area contributed by atoms with Crippen LogP contribution in [0.25, 0.3) is 0 Å². The first-order chi connectivity index (χ1) is 12.3. The summed E-state index contributed by atoms with van der Waals surface area (Å²) in [5, 5.41) is 9.86. The van der Waals surface area contributed by atoms with Gasteiger partial charge in [0.1, 0.15) is 5.75 Å². The Morgan fingerprint density at radius 2 is 1.88 bits per heavy atom. The molecule has 1 amide bonds. The van der Waals surface area contributed by atoms with Gasteiger partial charge < -0.3 is 14.7 Å². The van der Waals surface area contributed by atoms with Crippen molar-refractivity contribution >= 4 is 5.91 Å². The van der Waals surface area contributed by atoms with Crippen molar-refractivity contribution in [2.75, 3.05) is 20.2 Å². The van der Waals surface area contributed by atoms with E-state index < -0.39 is 5.60 Å². The lowest BCUT2D eigenvalue weighted by atomic mass is 9.63. The molecular weight excluding hydrogens is 326 g/mol. The maximum absolute atomic E-state index is 12.5. The van der Waals surface area contributed by atoms with Gasteiger partial charge in [0, 0.05) is 24.4 Å². The van der Waals surface area contributed by atoms with Gasteiger partial charge in [-0.1, -0.05) is 12.1 Å². The lowest BCUT2D eigenvalue weighted by Crippen LogP contribution is -2.62. The predicted molar refractivity (Wildman–Crippen MR) is 101 cm³/mol. The van der Waals surface area contributed by atoms with Gasteiger partial charge in [0.25, 0.3) is 0 Å². The van der Waals surface area contributed by atoms with Crippen molar-refractivity contribution in [1.82, 2.24) is 4.90 Å². The highest BCUT2D eigenvalue weighted by Gasteiger charge is 2.51. The van der Waals surface area contributed by atoms with Crippen LogP contribution in [-0.4, -0.2) is 41.7 Å². The number of aliphatic hydroxyl groups is 1. The minimum absolute atomic E-state index is 0.0538. The highest BCUT2D eigenvalue weighted by Crippen LogP contribution is 2.50. The molecule has 1 aromatic rings. The van der Waals surface area contributed by atoms with E-state index in [2.05, 4.69) is 19.1 Å². The minimum Gasteiger partial charge on any atom is -0.496 e. The monoisotopic (exact) mass is 357 g/mol. The summed E-state index contributed by atoms with van der Waals surface area (Å²) >= 11 is 0. The standard InChI is InChI=1S/C22H31NO3/c1-15-18(5-4-6-19(15)26-3)16-7-9-22(10-8-16)13-23(14-22)20(24)17-11-21(2,25)12-17/h4-6,16-17,25H,7-14H2,1-3H3. The fourth-order valence-electron chi connectivity index (χ4n) is 5.51. The van der Waals surface area contributed by atoms with E-state index in [1.807, 2.05) is 17.9 Å². The fraction of sp³-hybridized carbons (Fsp3) is 0.682. The number of rotatable bonds is 3. The second-order valence-electron chi connectivity index (χ2n) is 9.25. The minimum atomic E-state index is -0.616. The molecule has 1 aliphatic heterocycles. The first-order valence-corrected chi connectivity index (χ1v) is 9.97. The number of benzene rings is 1. The number of ether oxygens (including phenoxy) is 1. The summed E-state index contributed by atoms with van der Waals surface area (Å²) in [4.78, 5) is 14.6. The normalized spacial score (nSPS) is 30.6. The van der Waals surface area contributed by atoms with Crippen molar-refractivity contribution in [1.29, 1.82) is 0 Å². The van der Waals surface area contributed by atoms with Crippen LogP contribution in [0.1, 0.15) is 62.5 Å². The SMILES string of the molecule is COc1cccc(C2CCC3(CC2)CN(C(=O)C2CC(C)(O)C2)C3)c1C. The van der Waals surface area contributed by atoms with Crippen LogP contribution in [0, 0.1) is 18.3 Å². The summed E-state index contributed by atoms with van der Waals surface area (Å²) in [7, 11) is 1.74. The average molecular weight is 357 g/mol. The maximum Gasteiger partial charge on any atom is 0.225 e. The van der Waals surface area contributed by atoms with Crippen LogP contribution in [0.4, 0.5) is 0 Å². The molecule has 0 radical (unpaired) electrons. The smallest absolute Gasteiger partial charge is 0.225 e. The van der Waals surface area contributed by atoms with Crippen molar-refractivity contribution in [3.63, 3.8) is 0 Å². The quantitative estimate of drug-likeness (QED) is 0.898. The van der Waals surface area contributed by atoms with Crippen molar-refractivity contribution in [2.45, 2.75) is 63.9 Å². The van der Waals surface area contributed by atoms with Crippen molar-refractivity contribution < 1.29 is 14.6 Å². The zero-order valence-electron chi connectivity index (χ0n) is 16.3. The molecule has 0 unspecified atom stereocenters. The van der Waals surface area contributed by atoms with Crippen molar-refractivity contribution in [3.8, 4) is 5.75 Å². The number of carbonyl (C=O) groups is 1. The Morgan fingerprint density at radius 3 is 2.46 bits per heavy atom. The van der Waals surface area contributed by atoms with Crippen LogP contribution >= 0.6 is 0 Å². The molecule has 1 N–H and O–H groups in total. The number of hydrogen-bond donors (Lipinski definition) is 1. The molecule has 2 saturated carbocycles. The first-order valence-electron chi connectivity index (χ1n) is 9.97. The van der Waals surface area contributed by atoms with Crippen molar-refractivity contribution in [2.24, 2.45) is 11.3 Å². The highest BCUT2D eigenvalue weighted by molar-refractivity contribution is 5.81. The summed E-state index contributed by atoms with van der Waals surface area (Å²) in [5.74, 6) is 1.92. The van der Waals surface area contributed by atoms with Gasteiger partial charge in [0.15, 0.2) is 0 Å². The van der Waals surface area contributed by atoms with E-state index in [1.54, 1.807) is 7.11 Å². The maximum atomic E-state index is 12.5. The molecule has 2 aliphatic carbocycles. The van der Waals surface area contributed by atoms with Gasteiger partial charge in [-0.3, -0.25) is 4.79 Å². The summed E-state index contributed by atoms with van der Waals surface area (Å²) in [6.45, 7) is 5.84. The Hall–Kier alpha value is -1.55. The number of likely N-dealkylation sites (tertiary alicyclic amines) is 1. The van der Waals surface area contributed by atoms with E-state index in [4.69, 9.17) is 4.74 Å². The molecule has 0 atom stereocenters. The van der Waals surface area contributed by atoms with Gasteiger partial charge in [-0.15, -0.1) is 0 Å². The largest absolute Gasteiger partial charge is 0.496 e. The Labute approximate surface area is 156 Å². The van der Waals surface area contributed by atoms with Crippen LogP contribution < -0.4 is 4.74 Å².